The minimum Gasteiger partial charge on any atom is -0.308 e. The second kappa shape index (κ2) is 5.70. The van der Waals surface area contributed by atoms with Gasteiger partial charge in [0.25, 0.3) is 0 Å². The number of halogens is 2. The molecule has 1 unspecified atom stereocenters. The molecule has 0 heterocycles. The minimum atomic E-state index is -0.902. The van der Waals surface area contributed by atoms with Crippen LogP contribution >= 0.6 is 23.2 Å². The number of anilines is 1. The maximum Gasteiger partial charge on any atom is 0.233 e. The summed E-state index contributed by atoms with van der Waals surface area (Å²) in [5.41, 5.74) is 1.94. The van der Waals surface area contributed by atoms with E-state index in [9.17, 15) is 4.79 Å². The molecule has 0 aliphatic heterocycles. The number of carbonyl (C=O) groups excluding carboxylic acids is 1. The zero-order valence-electron chi connectivity index (χ0n) is 11.4. The van der Waals surface area contributed by atoms with Crippen molar-refractivity contribution in [3.63, 3.8) is 0 Å². The summed E-state index contributed by atoms with van der Waals surface area (Å²) in [7, 11) is 0. The molecule has 0 spiro atoms. The largest absolute Gasteiger partial charge is 0.308 e. The fourth-order valence-corrected chi connectivity index (χ4v) is 2.83. The molecule has 1 fully saturated rings. The van der Waals surface area contributed by atoms with Crippen LogP contribution in [0, 0.1) is 5.92 Å². The molecule has 0 saturated heterocycles. The van der Waals surface area contributed by atoms with E-state index >= 15 is 0 Å². The van der Waals surface area contributed by atoms with Crippen LogP contribution in [0.1, 0.15) is 12.0 Å². The van der Waals surface area contributed by atoms with Crippen molar-refractivity contribution < 1.29 is 4.79 Å². The third-order valence-electron chi connectivity index (χ3n) is 3.64. The van der Waals surface area contributed by atoms with Crippen molar-refractivity contribution in [1.29, 1.82) is 0 Å². The van der Waals surface area contributed by atoms with Gasteiger partial charge < -0.3 is 4.90 Å². The molecule has 0 N–H and O–H groups in total. The van der Waals surface area contributed by atoms with E-state index in [1.54, 1.807) is 4.90 Å². The Hall–Kier alpha value is -1.51. The lowest BCUT2D eigenvalue weighted by Crippen LogP contribution is -2.33. The summed E-state index contributed by atoms with van der Waals surface area (Å²) in [6, 6.07) is 19.5. The summed E-state index contributed by atoms with van der Waals surface area (Å²) in [5, 5.41) is 0. The molecule has 0 radical (unpaired) electrons. The molecule has 0 aromatic heterocycles. The van der Waals surface area contributed by atoms with Crippen LogP contribution in [0.25, 0.3) is 0 Å². The Morgan fingerprint density at radius 3 is 2.10 bits per heavy atom. The fourth-order valence-electron chi connectivity index (χ4n) is 2.34. The van der Waals surface area contributed by atoms with Crippen LogP contribution in [0.3, 0.4) is 0 Å². The molecular formula is C17H15Cl2NO. The second-order valence-electron chi connectivity index (χ2n) is 5.26. The minimum absolute atomic E-state index is 0.0185. The number of amides is 1. The van der Waals surface area contributed by atoms with E-state index in [4.69, 9.17) is 23.2 Å². The number of hydrogen-bond donors (Lipinski definition) is 0. The molecule has 1 amide bonds. The second-order valence-corrected chi connectivity index (χ2v) is 6.81. The van der Waals surface area contributed by atoms with Crippen LogP contribution in [-0.2, 0) is 11.3 Å². The van der Waals surface area contributed by atoms with Gasteiger partial charge in [0.05, 0.1) is 12.5 Å². The van der Waals surface area contributed by atoms with Gasteiger partial charge in [0.1, 0.15) is 4.33 Å². The molecule has 2 aromatic carbocycles. The number of carbonyl (C=O) groups is 1. The van der Waals surface area contributed by atoms with E-state index in [2.05, 4.69) is 0 Å². The first-order valence-electron chi connectivity index (χ1n) is 6.86. The number of para-hydroxylation sites is 1. The van der Waals surface area contributed by atoms with Crippen LogP contribution < -0.4 is 4.90 Å². The van der Waals surface area contributed by atoms with E-state index in [1.165, 1.54) is 0 Å². The standard InChI is InChI=1S/C17H15Cl2NO/c18-17(19)11-15(17)16(21)20(14-9-5-2-6-10-14)12-13-7-3-1-4-8-13/h1-10,15H,11-12H2. The number of alkyl halides is 2. The van der Waals surface area contributed by atoms with Crippen LogP contribution in [0.2, 0.25) is 0 Å². The lowest BCUT2D eigenvalue weighted by molar-refractivity contribution is -0.119. The number of benzene rings is 2. The summed E-state index contributed by atoms with van der Waals surface area (Å²) < 4.78 is -0.902. The first-order valence-corrected chi connectivity index (χ1v) is 7.62. The summed E-state index contributed by atoms with van der Waals surface area (Å²) in [6.07, 6.45) is 0.521. The first-order chi connectivity index (χ1) is 10.1. The normalized spacial score (nSPS) is 19.0. The van der Waals surface area contributed by atoms with Crippen molar-refractivity contribution in [2.45, 2.75) is 17.3 Å². The van der Waals surface area contributed by atoms with E-state index < -0.39 is 4.33 Å². The summed E-state index contributed by atoms with van der Waals surface area (Å²) in [5.74, 6) is -0.334. The highest BCUT2D eigenvalue weighted by molar-refractivity contribution is 6.52. The molecular weight excluding hydrogens is 305 g/mol. The van der Waals surface area contributed by atoms with Crippen LogP contribution in [0.5, 0.6) is 0 Å². The molecule has 3 rings (SSSR count). The van der Waals surface area contributed by atoms with Gasteiger partial charge in [-0.05, 0) is 24.1 Å². The Labute approximate surface area is 134 Å². The quantitative estimate of drug-likeness (QED) is 0.764. The van der Waals surface area contributed by atoms with Crippen molar-refractivity contribution in [2.75, 3.05) is 4.90 Å². The molecule has 1 saturated carbocycles. The summed E-state index contributed by atoms with van der Waals surface area (Å²) >= 11 is 12.1. The average molecular weight is 320 g/mol. The van der Waals surface area contributed by atoms with Crippen molar-refractivity contribution in [3.05, 3.63) is 66.2 Å². The summed E-state index contributed by atoms with van der Waals surface area (Å²) in [6.45, 7) is 0.518. The number of rotatable bonds is 4. The van der Waals surface area contributed by atoms with Gasteiger partial charge in [-0.15, -0.1) is 23.2 Å². The van der Waals surface area contributed by atoms with E-state index in [1.807, 2.05) is 60.7 Å². The molecule has 0 bridgehead atoms. The molecule has 1 atom stereocenters. The Morgan fingerprint density at radius 1 is 1.05 bits per heavy atom. The zero-order chi connectivity index (χ0) is 14.9. The zero-order valence-corrected chi connectivity index (χ0v) is 12.9. The van der Waals surface area contributed by atoms with Gasteiger partial charge in [-0.3, -0.25) is 4.79 Å². The Morgan fingerprint density at radius 2 is 1.57 bits per heavy atom. The highest BCUT2D eigenvalue weighted by Gasteiger charge is 2.57. The predicted molar refractivity (Wildman–Crippen MR) is 86.6 cm³/mol. The molecule has 1 aliphatic rings. The topological polar surface area (TPSA) is 20.3 Å². The van der Waals surface area contributed by atoms with Gasteiger partial charge in [-0.1, -0.05) is 48.5 Å². The first kappa shape index (κ1) is 14.4. The van der Waals surface area contributed by atoms with E-state index in [0.717, 1.165) is 11.3 Å². The van der Waals surface area contributed by atoms with Gasteiger partial charge in [-0.25, -0.2) is 0 Å². The van der Waals surface area contributed by atoms with Crippen molar-refractivity contribution in [1.82, 2.24) is 0 Å². The van der Waals surface area contributed by atoms with Gasteiger partial charge in [0.2, 0.25) is 5.91 Å². The predicted octanol–water partition coefficient (Wildman–Crippen LogP) is 4.41. The van der Waals surface area contributed by atoms with Gasteiger partial charge in [-0.2, -0.15) is 0 Å². The Kier molecular flexibility index (Phi) is 3.92. The third-order valence-corrected chi connectivity index (χ3v) is 4.48. The molecule has 2 aromatic rings. The van der Waals surface area contributed by atoms with E-state index in [0.29, 0.717) is 13.0 Å². The van der Waals surface area contributed by atoms with Crippen LogP contribution in [-0.4, -0.2) is 10.2 Å². The lowest BCUT2D eigenvalue weighted by Gasteiger charge is -2.23. The van der Waals surface area contributed by atoms with Crippen LogP contribution in [0.15, 0.2) is 60.7 Å². The van der Waals surface area contributed by atoms with Crippen molar-refractivity contribution in [2.24, 2.45) is 5.92 Å². The van der Waals surface area contributed by atoms with Gasteiger partial charge in [0, 0.05) is 5.69 Å². The monoisotopic (exact) mass is 319 g/mol. The maximum atomic E-state index is 12.7. The lowest BCUT2D eigenvalue weighted by atomic mass is 10.1. The van der Waals surface area contributed by atoms with E-state index in [-0.39, 0.29) is 11.8 Å². The molecule has 1 aliphatic carbocycles. The third kappa shape index (κ3) is 3.22. The highest BCUT2D eigenvalue weighted by Crippen LogP contribution is 2.54. The SMILES string of the molecule is O=C(C1CC1(Cl)Cl)N(Cc1ccccc1)c1ccccc1. The smallest absolute Gasteiger partial charge is 0.233 e. The molecule has 21 heavy (non-hydrogen) atoms. The number of hydrogen-bond acceptors (Lipinski definition) is 1. The van der Waals surface area contributed by atoms with Gasteiger partial charge >= 0.3 is 0 Å². The maximum absolute atomic E-state index is 12.7. The average Bonchev–Trinajstić information content (AvgIpc) is 3.15. The fraction of sp³-hybridized carbons (Fsp3) is 0.235. The molecule has 4 heteroatoms. The molecule has 2 nitrogen and oxygen atoms in total. The Bertz CT molecular complexity index is 628. The van der Waals surface area contributed by atoms with Crippen molar-refractivity contribution in [3.8, 4) is 0 Å². The summed E-state index contributed by atoms with van der Waals surface area (Å²) in [4.78, 5) is 14.4. The van der Waals surface area contributed by atoms with Gasteiger partial charge in [0.15, 0.2) is 0 Å². The van der Waals surface area contributed by atoms with Crippen LogP contribution in [0.4, 0.5) is 5.69 Å². The number of nitrogens with zero attached hydrogens (tertiary/aromatic N) is 1. The van der Waals surface area contributed by atoms with Crippen molar-refractivity contribution >= 4 is 34.8 Å². The highest BCUT2D eigenvalue weighted by atomic mass is 35.5. The molecule has 108 valence electrons. The Balaban J connectivity index is 1.87.